The third-order valence-electron chi connectivity index (χ3n) is 4.48. The lowest BCUT2D eigenvalue weighted by Crippen LogP contribution is -2.23. The molecule has 0 aliphatic heterocycles. The molecule has 0 amide bonds. The maximum Gasteiger partial charge on any atom is 0.348 e. The molecule has 0 aliphatic rings. The van der Waals surface area contributed by atoms with Crippen LogP contribution in [0.15, 0.2) is 0 Å². The largest absolute Gasteiger partial charge is 0.466 e. The summed E-state index contributed by atoms with van der Waals surface area (Å²) in [5.74, 6) is -0.453. The molecule has 0 aliphatic carbocycles. The fourth-order valence-electron chi connectivity index (χ4n) is 2.94. The van der Waals surface area contributed by atoms with Crippen molar-refractivity contribution in [2.75, 3.05) is 7.11 Å². The van der Waals surface area contributed by atoms with Gasteiger partial charge in [0.15, 0.2) is 0 Å². The predicted molar refractivity (Wildman–Crippen MR) is 97.4 cm³/mol. The molecule has 1 unspecified atom stereocenters. The van der Waals surface area contributed by atoms with Gasteiger partial charge in [0.2, 0.25) is 6.10 Å². The van der Waals surface area contributed by atoms with Crippen LogP contribution in [0, 0.1) is 11.5 Å². The van der Waals surface area contributed by atoms with E-state index in [1.54, 1.807) is 6.26 Å². The van der Waals surface area contributed by atoms with E-state index in [0.717, 1.165) is 12.8 Å². The van der Waals surface area contributed by atoms with Crippen LogP contribution in [0.4, 0.5) is 0 Å². The number of nitriles is 1. The molecule has 4 nitrogen and oxygen atoms in total. The van der Waals surface area contributed by atoms with Gasteiger partial charge in [0.25, 0.3) is 6.26 Å². The Balaban J connectivity index is 3.30. The molecule has 140 valence electrons. The SMILES string of the molecule is CCCCCCCCCCCCCCCCC(OC#N)C(=O)OC. The third kappa shape index (κ3) is 14.4. The van der Waals surface area contributed by atoms with E-state index < -0.39 is 12.1 Å². The lowest BCUT2D eigenvalue weighted by Gasteiger charge is -2.10. The summed E-state index contributed by atoms with van der Waals surface area (Å²) in [6, 6.07) is 0. The molecule has 0 aromatic carbocycles. The Morgan fingerprint density at radius 2 is 1.25 bits per heavy atom. The van der Waals surface area contributed by atoms with Gasteiger partial charge in [-0.1, -0.05) is 90.4 Å². The van der Waals surface area contributed by atoms with Crippen LogP contribution in [-0.2, 0) is 14.3 Å². The monoisotopic (exact) mass is 339 g/mol. The minimum absolute atomic E-state index is 0.453. The number of unbranched alkanes of at least 4 members (excludes halogenated alkanes) is 13. The first-order chi connectivity index (χ1) is 11.8. The van der Waals surface area contributed by atoms with Gasteiger partial charge in [-0.05, 0) is 12.8 Å². The summed E-state index contributed by atoms with van der Waals surface area (Å²) in [6.07, 6.45) is 19.6. The Kier molecular flexibility index (Phi) is 17.2. The summed E-state index contributed by atoms with van der Waals surface area (Å²) in [4.78, 5) is 11.4. The van der Waals surface area contributed by atoms with Crippen molar-refractivity contribution < 1.29 is 14.3 Å². The second kappa shape index (κ2) is 18.1. The van der Waals surface area contributed by atoms with Crippen molar-refractivity contribution in [3.63, 3.8) is 0 Å². The highest BCUT2D eigenvalue weighted by atomic mass is 16.6. The molecule has 0 rings (SSSR count). The van der Waals surface area contributed by atoms with Gasteiger partial charge in [0.05, 0.1) is 7.11 Å². The predicted octanol–water partition coefficient (Wildman–Crippen LogP) is 5.90. The molecule has 0 spiro atoms. The molecule has 24 heavy (non-hydrogen) atoms. The summed E-state index contributed by atoms with van der Waals surface area (Å²) < 4.78 is 9.36. The van der Waals surface area contributed by atoms with Crippen molar-refractivity contribution in [1.82, 2.24) is 0 Å². The Hall–Kier alpha value is -1.24. The van der Waals surface area contributed by atoms with Crippen molar-refractivity contribution >= 4 is 5.97 Å². The van der Waals surface area contributed by atoms with E-state index in [4.69, 9.17) is 10.00 Å². The highest BCUT2D eigenvalue weighted by Crippen LogP contribution is 2.14. The lowest BCUT2D eigenvalue weighted by atomic mass is 10.0. The molecule has 0 saturated heterocycles. The first-order valence-corrected chi connectivity index (χ1v) is 9.88. The zero-order valence-corrected chi connectivity index (χ0v) is 15.9. The van der Waals surface area contributed by atoms with E-state index in [-0.39, 0.29) is 0 Å². The molecule has 0 saturated carbocycles. The molecule has 0 bridgehead atoms. The van der Waals surface area contributed by atoms with Gasteiger partial charge >= 0.3 is 5.97 Å². The molecular formula is C20H37NO3. The molecule has 4 heteroatoms. The summed E-state index contributed by atoms with van der Waals surface area (Å²) >= 11 is 0. The number of esters is 1. The van der Waals surface area contributed by atoms with Gasteiger partial charge in [-0.2, -0.15) is 5.26 Å². The number of carbonyl (C=O) groups is 1. The number of hydrogen-bond donors (Lipinski definition) is 0. The molecule has 0 N–H and O–H groups in total. The van der Waals surface area contributed by atoms with E-state index in [1.165, 1.54) is 84.2 Å². The fourth-order valence-corrected chi connectivity index (χ4v) is 2.94. The van der Waals surface area contributed by atoms with Crippen molar-refractivity contribution in [3.8, 4) is 6.26 Å². The molecule has 0 heterocycles. The van der Waals surface area contributed by atoms with E-state index >= 15 is 0 Å². The quantitative estimate of drug-likeness (QED) is 0.188. The van der Waals surface area contributed by atoms with Crippen LogP contribution in [0.1, 0.15) is 103 Å². The lowest BCUT2D eigenvalue weighted by molar-refractivity contribution is -0.150. The normalized spacial score (nSPS) is 11.7. The van der Waals surface area contributed by atoms with Crippen molar-refractivity contribution in [2.24, 2.45) is 0 Å². The van der Waals surface area contributed by atoms with E-state index in [0.29, 0.717) is 6.42 Å². The summed E-state index contributed by atoms with van der Waals surface area (Å²) in [7, 11) is 1.32. The molecule has 0 aromatic rings. The molecular weight excluding hydrogens is 302 g/mol. The van der Waals surface area contributed by atoms with Crippen LogP contribution in [0.2, 0.25) is 0 Å². The van der Waals surface area contributed by atoms with Gasteiger partial charge in [-0.3, -0.25) is 0 Å². The number of ether oxygens (including phenoxy) is 2. The zero-order valence-electron chi connectivity index (χ0n) is 15.9. The van der Waals surface area contributed by atoms with Crippen LogP contribution in [0.25, 0.3) is 0 Å². The highest BCUT2D eigenvalue weighted by molar-refractivity contribution is 5.74. The topological polar surface area (TPSA) is 59.3 Å². The van der Waals surface area contributed by atoms with E-state index in [2.05, 4.69) is 11.7 Å². The Bertz CT molecular complexity index is 325. The molecule has 1 atom stereocenters. The second-order valence-electron chi connectivity index (χ2n) is 6.61. The van der Waals surface area contributed by atoms with Crippen LogP contribution in [-0.4, -0.2) is 19.2 Å². The van der Waals surface area contributed by atoms with Gasteiger partial charge in [0.1, 0.15) is 0 Å². The number of nitrogens with zero attached hydrogens (tertiary/aromatic N) is 1. The molecule has 0 aromatic heterocycles. The van der Waals surface area contributed by atoms with Gasteiger partial charge in [-0.15, -0.1) is 0 Å². The second-order valence-corrected chi connectivity index (χ2v) is 6.61. The summed E-state index contributed by atoms with van der Waals surface area (Å²) in [6.45, 7) is 2.26. The van der Waals surface area contributed by atoms with Gasteiger partial charge in [0, 0.05) is 0 Å². The Morgan fingerprint density at radius 1 is 0.833 bits per heavy atom. The minimum atomic E-state index is -0.725. The van der Waals surface area contributed by atoms with Crippen molar-refractivity contribution in [2.45, 2.75) is 109 Å². The van der Waals surface area contributed by atoms with Gasteiger partial charge in [-0.25, -0.2) is 4.79 Å². The van der Waals surface area contributed by atoms with E-state index in [9.17, 15) is 4.79 Å². The van der Waals surface area contributed by atoms with Crippen LogP contribution >= 0.6 is 0 Å². The summed E-state index contributed by atoms with van der Waals surface area (Å²) in [5.41, 5.74) is 0. The molecule has 0 fully saturated rings. The van der Waals surface area contributed by atoms with E-state index in [1.807, 2.05) is 0 Å². The number of carbonyl (C=O) groups excluding carboxylic acids is 1. The fraction of sp³-hybridized carbons (Fsp3) is 0.900. The number of hydrogen-bond acceptors (Lipinski definition) is 4. The van der Waals surface area contributed by atoms with Crippen molar-refractivity contribution in [3.05, 3.63) is 0 Å². The standard InChI is InChI=1S/C20H37NO3/c1-3-4-5-6-7-8-9-10-11-12-13-14-15-16-17-19(24-18-21)20(22)23-2/h19H,3-17H2,1-2H3. The van der Waals surface area contributed by atoms with Crippen LogP contribution in [0.3, 0.4) is 0 Å². The summed E-state index contributed by atoms with van der Waals surface area (Å²) in [5, 5.41) is 8.52. The number of rotatable bonds is 17. The van der Waals surface area contributed by atoms with Crippen molar-refractivity contribution in [1.29, 1.82) is 5.26 Å². The third-order valence-corrected chi connectivity index (χ3v) is 4.48. The van der Waals surface area contributed by atoms with Gasteiger partial charge < -0.3 is 9.47 Å². The first kappa shape index (κ1) is 22.8. The highest BCUT2D eigenvalue weighted by Gasteiger charge is 2.19. The average Bonchev–Trinajstić information content (AvgIpc) is 2.60. The molecule has 0 radical (unpaired) electrons. The van der Waals surface area contributed by atoms with Crippen LogP contribution in [0.5, 0.6) is 0 Å². The van der Waals surface area contributed by atoms with Crippen LogP contribution < -0.4 is 0 Å². The maximum absolute atomic E-state index is 11.4. The minimum Gasteiger partial charge on any atom is -0.466 e. The number of methoxy groups -OCH3 is 1. The Labute approximate surface area is 148 Å². The zero-order chi connectivity index (χ0) is 17.9. The Morgan fingerprint density at radius 3 is 1.62 bits per heavy atom. The first-order valence-electron chi connectivity index (χ1n) is 9.88. The smallest absolute Gasteiger partial charge is 0.348 e. The average molecular weight is 340 g/mol. The maximum atomic E-state index is 11.4.